The van der Waals surface area contributed by atoms with Crippen LogP contribution in [0.5, 0.6) is 0 Å². The van der Waals surface area contributed by atoms with Crippen molar-refractivity contribution in [1.82, 2.24) is 0 Å². The first-order valence-corrected chi connectivity index (χ1v) is 7.31. The fourth-order valence-corrected chi connectivity index (χ4v) is 4.05. The first-order valence-electron chi connectivity index (χ1n) is 6.05. The number of fused-ring (bicyclic) bond motifs is 1. The van der Waals surface area contributed by atoms with Crippen molar-refractivity contribution in [3.05, 3.63) is 22.7 Å². The van der Waals surface area contributed by atoms with E-state index in [2.05, 4.69) is 24.5 Å². The minimum atomic E-state index is 0.715. The zero-order valence-electron chi connectivity index (χ0n) is 9.38. The molecule has 0 aliphatic heterocycles. The van der Waals surface area contributed by atoms with Crippen LogP contribution in [0.1, 0.15) is 36.1 Å². The minimum Gasteiger partial charge on any atom is -0.350 e. The molecule has 1 saturated carbocycles. The summed E-state index contributed by atoms with van der Waals surface area (Å²) in [5.74, 6) is 0.715. The number of rotatable bonds is 3. The molecule has 0 radical (unpaired) electrons. The lowest BCUT2D eigenvalue weighted by molar-refractivity contribution is 0.689. The maximum Gasteiger partial charge on any atom is 0.107 e. The molecule has 1 heterocycles. The van der Waals surface area contributed by atoms with Gasteiger partial charge in [0.2, 0.25) is 0 Å². The standard InChI is InChI=1S/C13H17NS2/c1-8(9-6-7-9)14-13-12(15)10-4-2-3-5-11(10)16-13/h9,14-15H,1-7H2. The molecule has 86 valence electrons. The smallest absolute Gasteiger partial charge is 0.107 e. The molecule has 0 saturated heterocycles. The Morgan fingerprint density at radius 1 is 1.31 bits per heavy atom. The topological polar surface area (TPSA) is 12.0 Å². The molecule has 16 heavy (non-hydrogen) atoms. The number of thiophene rings is 1. The first kappa shape index (κ1) is 10.7. The van der Waals surface area contributed by atoms with Crippen LogP contribution in [-0.4, -0.2) is 0 Å². The van der Waals surface area contributed by atoms with Gasteiger partial charge >= 0.3 is 0 Å². The lowest BCUT2D eigenvalue weighted by Gasteiger charge is -2.10. The summed E-state index contributed by atoms with van der Waals surface area (Å²) >= 11 is 6.56. The summed E-state index contributed by atoms with van der Waals surface area (Å²) in [7, 11) is 0. The van der Waals surface area contributed by atoms with Gasteiger partial charge in [-0.2, -0.15) is 0 Å². The highest BCUT2D eigenvalue weighted by atomic mass is 32.1. The number of hydrogen-bond donors (Lipinski definition) is 2. The summed E-state index contributed by atoms with van der Waals surface area (Å²) in [6, 6.07) is 0. The van der Waals surface area contributed by atoms with E-state index in [0.29, 0.717) is 5.92 Å². The van der Waals surface area contributed by atoms with Crippen LogP contribution in [-0.2, 0) is 12.8 Å². The van der Waals surface area contributed by atoms with E-state index in [1.165, 1.54) is 59.7 Å². The van der Waals surface area contributed by atoms with Gasteiger partial charge in [-0.1, -0.05) is 6.58 Å². The number of aryl methyl sites for hydroxylation is 1. The fourth-order valence-electron chi connectivity index (χ4n) is 2.31. The summed E-state index contributed by atoms with van der Waals surface area (Å²) in [6.45, 7) is 4.12. The molecular formula is C13H17NS2. The Hall–Kier alpha value is -0.410. The van der Waals surface area contributed by atoms with Gasteiger partial charge in [0.05, 0.1) is 0 Å². The average molecular weight is 251 g/mol. The summed E-state index contributed by atoms with van der Waals surface area (Å²) in [5, 5.41) is 4.71. The van der Waals surface area contributed by atoms with Crippen LogP contribution in [0.25, 0.3) is 0 Å². The van der Waals surface area contributed by atoms with E-state index < -0.39 is 0 Å². The molecule has 1 fully saturated rings. The lowest BCUT2D eigenvalue weighted by Crippen LogP contribution is -1.99. The third kappa shape index (κ3) is 1.91. The molecule has 2 aliphatic rings. The summed E-state index contributed by atoms with van der Waals surface area (Å²) in [6.07, 6.45) is 7.72. The third-order valence-electron chi connectivity index (χ3n) is 3.49. The molecule has 0 atom stereocenters. The van der Waals surface area contributed by atoms with E-state index >= 15 is 0 Å². The zero-order valence-corrected chi connectivity index (χ0v) is 11.1. The molecule has 0 bridgehead atoms. The Bertz CT molecular complexity index is 429. The quantitative estimate of drug-likeness (QED) is 0.765. The van der Waals surface area contributed by atoms with Crippen molar-refractivity contribution in [2.75, 3.05) is 5.32 Å². The van der Waals surface area contributed by atoms with Crippen molar-refractivity contribution in [2.24, 2.45) is 5.92 Å². The van der Waals surface area contributed by atoms with Crippen molar-refractivity contribution < 1.29 is 0 Å². The van der Waals surface area contributed by atoms with E-state index in [9.17, 15) is 0 Å². The Morgan fingerprint density at radius 2 is 2.06 bits per heavy atom. The number of thiol groups is 1. The van der Waals surface area contributed by atoms with Gasteiger partial charge in [-0.25, -0.2) is 0 Å². The van der Waals surface area contributed by atoms with Gasteiger partial charge in [0.15, 0.2) is 0 Å². The van der Waals surface area contributed by atoms with E-state index in [1.54, 1.807) is 4.88 Å². The van der Waals surface area contributed by atoms with Gasteiger partial charge in [-0.15, -0.1) is 24.0 Å². The largest absolute Gasteiger partial charge is 0.350 e. The Labute approximate surface area is 106 Å². The normalized spacial score (nSPS) is 19.3. The molecule has 3 rings (SSSR count). The predicted octanol–water partition coefficient (Wildman–Crippen LogP) is 4.25. The highest BCUT2D eigenvalue weighted by molar-refractivity contribution is 7.80. The molecule has 1 nitrogen and oxygen atoms in total. The third-order valence-corrected chi connectivity index (χ3v) is 5.34. The number of anilines is 1. The van der Waals surface area contributed by atoms with E-state index in [1.807, 2.05) is 11.3 Å². The molecular weight excluding hydrogens is 234 g/mol. The minimum absolute atomic E-state index is 0.715. The van der Waals surface area contributed by atoms with E-state index in [-0.39, 0.29) is 0 Å². The molecule has 0 aromatic carbocycles. The van der Waals surface area contributed by atoms with Crippen LogP contribution in [0.15, 0.2) is 17.2 Å². The SMILES string of the molecule is C=C(Nc1sc2c(c1S)CCCC2)C1CC1. The van der Waals surface area contributed by atoms with E-state index in [0.717, 1.165) is 0 Å². The van der Waals surface area contributed by atoms with Crippen LogP contribution >= 0.6 is 24.0 Å². The monoisotopic (exact) mass is 251 g/mol. The maximum atomic E-state index is 4.67. The molecule has 2 aliphatic carbocycles. The Balaban J connectivity index is 1.83. The van der Waals surface area contributed by atoms with Gasteiger partial charge in [0.25, 0.3) is 0 Å². The Morgan fingerprint density at radius 3 is 2.75 bits per heavy atom. The second-order valence-electron chi connectivity index (χ2n) is 4.81. The highest BCUT2D eigenvalue weighted by Crippen LogP contribution is 2.43. The average Bonchev–Trinajstić information content (AvgIpc) is 3.08. The van der Waals surface area contributed by atoms with Crippen LogP contribution in [0, 0.1) is 5.92 Å². The van der Waals surface area contributed by atoms with Crippen molar-refractivity contribution in [3.8, 4) is 0 Å². The molecule has 1 aromatic rings. The lowest BCUT2D eigenvalue weighted by atomic mass is 9.99. The van der Waals surface area contributed by atoms with Gasteiger partial charge in [0, 0.05) is 15.5 Å². The maximum absolute atomic E-state index is 4.67. The van der Waals surface area contributed by atoms with Crippen LogP contribution in [0.3, 0.4) is 0 Å². The second kappa shape index (κ2) is 4.11. The first-order chi connectivity index (χ1) is 7.75. The predicted molar refractivity (Wildman–Crippen MR) is 73.7 cm³/mol. The van der Waals surface area contributed by atoms with Gasteiger partial charge in [-0.3, -0.25) is 0 Å². The van der Waals surface area contributed by atoms with Crippen molar-refractivity contribution in [2.45, 2.75) is 43.4 Å². The highest BCUT2D eigenvalue weighted by Gasteiger charge is 2.26. The molecule has 0 amide bonds. The summed E-state index contributed by atoms with van der Waals surface area (Å²) in [5.41, 5.74) is 2.68. The van der Waals surface area contributed by atoms with Crippen LogP contribution in [0.2, 0.25) is 0 Å². The van der Waals surface area contributed by atoms with Crippen LogP contribution in [0.4, 0.5) is 5.00 Å². The molecule has 3 heteroatoms. The van der Waals surface area contributed by atoms with Crippen molar-refractivity contribution in [3.63, 3.8) is 0 Å². The fraction of sp³-hybridized carbons (Fsp3) is 0.538. The number of nitrogens with one attached hydrogen (secondary N) is 1. The number of allylic oxidation sites excluding steroid dienone is 1. The van der Waals surface area contributed by atoms with Gasteiger partial charge < -0.3 is 5.32 Å². The molecule has 1 aromatic heterocycles. The molecule has 0 unspecified atom stereocenters. The van der Waals surface area contributed by atoms with Crippen LogP contribution < -0.4 is 5.32 Å². The summed E-state index contributed by atoms with van der Waals surface area (Å²) < 4.78 is 0. The molecule has 1 N–H and O–H groups in total. The summed E-state index contributed by atoms with van der Waals surface area (Å²) in [4.78, 5) is 2.73. The second-order valence-corrected chi connectivity index (χ2v) is 6.37. The van der Waals surface area contributed by atoms with Gasteiger partial charge in [-0.05, 0) is 50.0 Å². The van der Waals surface area contributed by atoms with Gasteiger partial charge in [0.1, 0.15) is 5.00 Å². The van der Waals surface area contributed by atoms with Crippen molar-refractivity contribution >= 4 is 29.0 Å². The Kier molecular flexibility index (Phi) is 2.76. The van der Waals surface area contributed by atoms with Crippen molar-refractivity contribution in [1.29, 1.82) is 0 Å². The zero-order chi connectivity index (χ0) is 11.1. The number of hydrogen-bond acceptors (Lipinski definition) is 3. The van der Waals surface area contributed by atoms with E-state index in [4.69, 9.17) is 0 Å². The molecule has 0 spiro atoms.